The normalized spacial score (nSPS) is 21.9. The van der Waals surface area contributed by atoms with Crippen LogP contribution in [-0.4, -0.2) is 61.7 Å². The Morgan fingerprint density at radius 2 is 1.85 bits per heavy atom. The van der Waals surface area contributed by atoms with Crippen LogP contribution >= 0.6 is 11.3 Å². The van der Waals surface area contributed by atoms with E-state index in [2.05, 4.69) is 17.1 Å². The molecule has 3 aliphatic rings. The molecule has 1 saturated carbocycles. The lowest BCUT2D eigenvalue weighted by Crippen LogP contribution is -2.60. The number of benzene rings is 2. The summed E-state index contributed by atoms with van der Waals surface area (Å²) in [5.41, 5.74) is 5.65. The number of aliphatic hydroxyl groups is 1. The van der Waals surface area contributed by atoms with Gasteiger partial charge >= 0.3 is 0 Å². The minimum atomic E-state index is -0.955. The number of hydrogen-bond acceptors (Lipinski definition) is 6. The van der Waals surface area contributed by atoms with Crippen LogP contribution in [-0.2, 0) is 22.6 Å². The van der Waals surface area contributed by atoms with Gasteiger partial charge in [0.2, 0.25) is 5.91 Å². The highest BCUT2D eigenvalue weighted by atomic mass is 32.1. The van der Waals surface area contributed by atoms with E-state index in [1.807, 2.05) is 48.8 Å². The Bertz CT molecular complexity index is 1410. The molecular weight excluding hydrogens is 510 g/mol. The zero-order valence-electron chi connectivity index (χ0n) is 22.1. The summed E-state index contributed by atoms with van der Waals surface area (Å²) in [5.74, 6) is -0.327. The van der Waals surface area contributed by atoms with E-state index >= 15 is 0 Å². The van der Waals surface area contributed by atoms with Crippen molar-refractivity contribution in [2.24, 2.45) is 0 Å². The van der Waals surface area contributed by atoms with Crippen LogP contribution in [0.4, 0.5) is 0 Å². The number of nitrogens with zero attached hydrogens (tertiary/aromatic N) is 3. The van der Waals surface area contributed by atoms with Gasteiger partial charge in [0.1, 0.15) is 5.54 Å². The van der Waals surface area contributed by atoms with Gasteiger partial charge in [0.15, 0.2) is 5.78 Å². The van der Waals surface area contributed by atoms with Crippen molar-refractivity contribution in [1.29, 1.82) is 0 Å². The smallest absolute Gasteiger partial charge is 0.255 e. The second-order valence-electron chi connectivity index (χ2n) is 11.1. The number of carbonyl (C=O) groups excluding carboxylic acids is 3. The highest BCUT2D eigenvalue weighted by Crippen LogP contribution is 2.43. The number of aromatic nitrogens is 1. The van der Waals surface area contributed by atoms with Gasteiger partial charge in [0, 0.05) is 31.5 Å². The molecule has 0 spiro atoms. The van der Waals surface area contributed by atoms with E-state index in [4.69, 9.17) is 0 Å². The minimum Gasteiger partial charge on any atom is -0.391 e. The van der Waals surface area contributed by atoms with Crippen LogP contribution in [0, 0.1) is 6.92 Å². The maximum atomic E-state index is 14.2. The third-order valence-corrected chi connectivity index (χ3v) is 9.68. The molecular formula is C31H33N3O4S. The molecule has 3 aromatic rings. The molecule has 1 aromatic heterocycles. The van der Waals surface area contributed by atoms with Gasteiger partial charge in [-0.2, -0.15) is 0 Å². The molecule has 2 aromatic carbocycles. The summed E-state index contributed by atoms with van der Waals surface area (Å²) in [7, 11) is 0. The van der Waals surface area contributed by atoms with E-state index < -0.39 is 17.7 Å². The number of aliphatic hydroxyl groups excluding tert-OH is 1. The first-order valence-electron chi connectivity index (χ1n) is 13.8. The topological polar surface area (TPSA) is 90.8 Å². The number of amides is 2. The Morgan fingerprint density at radius 3 is 2.54 bits per heavy atom. The molecule has 6 rings (SSSR count). The number of thiazole rings is 1. The molecule has 2 fully saturated rings. The van der Waals surface area contributed by atoms with E-state index in [9.17, 15) is 19.5 Å². The third kappa shape index (κ3) is 4.59. The van der Waals surface area contributed by atoms with Crippen LogP contribution in [0.15, 0.2) is 54.0 Å². The number of rotatable bonds is 7. The summed E-state index contributed by atoms with van der Waals surface area (Å²) in [6, 6.07) is 15.1. The van der Waals surface area contributed by atoms with Crippen LogP contribution in [0.2, 0.25) is 0 Å². The molecule has 8 heteroatoms. The number of β-amino-alcohol motifs (C(OH)–C–C–N with tert-alkyl or cyclic N) is 1. The molecule has 1 saturated heterocycles. The Morgan fingerprint density at radius 1 is 1.10 bits per heavy atom. The average Bonchev–Trinajstić information content (AvgIpc) is 3.74. The number of Topliss-reactive ketones (excluding diaryl/α,β-unsaturated/α-hetero) is 1. The lowest BCUT2D eigenvalue weighted by molar-refractivity contribution is -0.147. The van der Waals surface area contributed by atoms with Gasteiger partial charge in [0.05, 0.1) is 28.2 Å². The molecule has 3 heterocycles. The Labute approximate surface area is 232 Å². The molecule has 7 nitrogen and oxygen atoms in total. The van der Waals surface area contributed by atoms with Gasteiger partial charge in [0.25, 0.3) is 5.91 Å². The van der Waals surface area contributed by atoms with Gasteiger partial charge in [-0.05, 0) is 48.9 Å². The predicted molar refractivity (Wildman–Crippen MR) is 149 cm³/mol. The van der Waals surface area contributed by atoms with Gasteiger partial charge in [-0.25, -0.2) is 4.98 Å². The van der Waals surface area contributed by atoms with Crippen molar-refractivity contribution in [3.8, 4) is 10.4 Å². The van der Waals surface area contributed by atoms with Gasteiger partial charge < -0.3 is 14.9 Å². The first-order valence-corrected chi connectivity index (χ1v) is 14.7. The fourth-order valence-corrected chi connectivity index (χ4v) is 7.42. The molecule has 202 valence electrons. The molecule has 2 amide bonds. The first-order chi connectivity index (χ1) is 18.9. The molecule has 2 aliphatic heterocycles. The van der Waals surface area contributed by atoms with E-state index in [-0.39, 0.29) is 30.6 Å². The van der Waals surface area contributed by atoms with Crippen molar-refractivity contribution >= 4 is 28.9 Å². The van der Waals surface area contributed by atoms with Crippen LogP contribution in [0.5, 0.6) is 0 Å². The third-order valence-electron chi connectivity index (χ3n) is 8.70. The summed E-state index contributed by atoms with van der Waals surface area (Å²) in [4.78, 5) is 49.9. The molecule has 1 aliphatic carbocycles. The summed E-state index contributed by atoms with van der Waals surface area (Å²) in [5, 5.41) is 10.6. The van der Waals surface area contributed by atoms with Crippen LogP contribution in [0.25, 0.3) is 10.4 Å². The molecule has 2 atom stereocenters. The van der Waals surface area contributed by atoms with Gasteiger partial charge in [-0.1, -0.05) is 55.3 Å². The SMILES string of the molecule is Cc1ncsc1-c1ccc(CCC(=O)[C@@H]2C[C@@H](O)CN2C(=O)C2(N3Cc4ccccc4C3=O)CCCC2)cc1. The standard InChI is InChI=1S/C31H33N3O4S/c1-20-28(39-19-32-20)22-11-8-21(9-12-22)10-13-27(36)26-16-24(35)18-33(26)30(38)31(14-4-5-15-31)34-17-23-6-2-3-7-25(23)29(34)37/h2-3,6-9,11-12,19,24,26,35H,4-5,10,13-18H2,1H3/t24-,26+/m1/s1. The number of fused-ring (bicyclic) bond motifs is 1. The Hall–Kier alpha value is -3.36. The van der Waals surface area contributed by atoms with E-state index in [1.54, 1.807) is 21.1 Å². The number of likely N-dealkylation sites (tertiary alicyclic amines) is 1. The highest BCUT2D eigenvalue weighted by Gasteiger charge is 2.54. The molecule has 0 radical (unpaired) electrons. The maximum absolute atomic E-state index is 14.2. The fraction of sp³-hybridized carbons (Fsp3) is 0.419. The Kier molecular flexibility index (Phi) is 6.85. The number of hydrogen-bond donors (Lipinski definition) is 1. The largest absolute Gasteiger partial charge is 0.391 e. The number of ketones is 1. The van der Waals surface area contributed by atoms with Crippen molar-refractivity contribution in [2.75, 3.05) is 6.54 Å². The number of aryl methyl sites for hydroxylation is 2. The summed E-state index contributed by atoms with van der Waals surface area (Å²) in [6.45, 7) is 2.54. The van der Waals surface area contributed by atoms with Crippen molar-refractivity contribution in [1.82, 2.24) is 14.8 Å². The predicted octanol–water partition coefficient (Wildman–Crippen LogP) is 4.55. The first kappa shape index (κ1) is 25.9. The summed E-state index contributed by atoms with van der Waals surface area (Å²) in [6.07, 6.45) is 3.26. The Balaban J connectivity index is 1.17. The van der Waals surface area contributed by atoms with Crippen molar-refractivity contribution in [2.45, 2.75) is 76.1 Å². The van der Waals surface area contributed by atoms with Gasteiger partial charge in [-0.15, -0.1) is 11.3 Å². The molecule has 0 bridgehead atoms. The van der Waals surface area contributed by atoms with Crippen molar-refractivity contribution < 1.29 is 19.5 Å². The zero-order valence-corrected chi connectivity index (χ0v) is 23.0. The lowest BCUT2D eigenvalue weighted by atomic mass is 9.91. The molecule has 1 N–H and O–H groups in total. The zero-order chi connectivity index (χ0) is 27.1. The van der Waals surface area contributed by atoms with Gasteiger partial charge in [-0.3, -0.25) is 14.4 Å². The summed E-state index contributed by atoms with van der Waals surface area (Å²) < 4.78 is 0. The van der Waals surface area contributed by atoms with E-state index in [0.717, 1.165) is 40.1 Å². The monoisotopic (exact) mass is 543 g/mol. The quantitative estimate of drug-likeness (QED) is 0.472. The van der Waals surface area contributed by atoms with Crippen molar-refractivity contribution in [3.63, 3.8) is 0 Å². The average molecular weight is 544 g/mol. The summed E-state index contributed by atoms with van der Waals surface area (Å²) >= 11 is 1.61. The minimum absolute atomic E-state index is 0.0357. The van der Waals surface area contributed by atoms with Crippen LogP contribution in [0.3, 0.4) is 0 Å². The maximum Gasteiger partial charge on any atom is 0.255 e. The second-order valence-corrected chi connectivity index (χ2v) is 11.9. The lowest BCUT2D eigenvalue weighted by Gasteiger charge is -2.41. The highest BCUT2D eigenvalue weighted by molar-refractivity contribution is 7.13. The van der Waals surface area contributed by atoms with Crippen LogP contribution in [0.1, 0.15) is 65.7 Å². The fourth-order valence-electron chi connectivity index (χ4n) is 6.61. The van der Waals surface area contributed by atoms with E-state index in [0.29, 0.717) is 37.8 Å². The second kappa shape index (κ2) is 10.3. The molecule has 0 unspecified atom stereocenters. The van der Waals surface area contributed by atoms with Crippen LogP contribution < -0.4 is 0 Å². The number of carbonyl (C=O) groups is 3. The van der Waals surface area contributed by atoms with Crippen molar-refractivity contribution in [3.05, 3.63) is 76.4 Å². The van der Waals surface area contributed by atoms with E-state index in [1.165, 1.54) is 0 Å². The molecule has 39 heavy (non-hydrogen) atoms.